The minimum absolute atomic E-state index is 0. The van der Waals surface area contributed by atoms with E-state index in [9.17, 15) is 4.79 Å². The van der Waals surface area contributed by atoms with Crippen molar-refractivity contribution in [1.82, 2.24) is 0 Å². The summed E-state index contributed by atoms with van der Waals surface area (Å²) in [5.41, 5.74) is 5.82. The average molecular weight is 206 g/mol. The zero-order valence-electron chi connectivity index (χ0n) is 7.84. The molecule has 3 aliphatic rings. The van der Waals surface area contributed by atoms with Crippen LogP contribution in [0.2, 0.25) is 0 Å². The first-order chi connectivity index (χ1) is 5.66. The summed E-state index contributed by atoms with van der Waals surface area (Å²) in [6, 6.07) is 0. The van der Waals surface area contributed by atoms with Gasteiger partial charge in [-0.1, -0.05) is 0 Å². The van der Waals surface area contributed by atoms with Gasteiger partial charge in [-0.3, -0.25) is 4.79 Å². The van der Waals surface area contributed by atoms with Crippen LogP contribution in [-0.4, -0.2) is 19.6 Å². The standard InChI is InChI=1S/C9H15NO2.ClH/c1-12-7(11)9-3-2-8(4-9,5-9)6-10;/h2-6,10H2,1H3;1H. The fourth-order valence-corrected chi connectivity index (χ4v) is 2.95. The van der Waals surface area contributed by atoms with Crippen molar-refractivity contribution in [3.63, 3.8) is 0 Å². The Labute approximate surface area is 84.4 Å². The van der Waals surface area contributed by atoms with Gasteiger partial charge in [-0.25, -0.2) is 0 Å². The molecule has 0 unspecified atom stereocenters. The topological polar surface area (TPSA) is 52.3 Å². The number of rotatable bonds is 2. The molecule has 3 fully saturated rings. The van der Waals surface area contributed by atoms with Crippen LogP contribution < -0.4 is 5.73 Å². The molecule has 2 N–H and O–H groups in total. The number of esters is 1. The van der Waals surface area contributed by atoms with E-state index in [1.54, 1.807) is 0 Å². The van der Waals surface area contributed by atoms with E-state index in [2.05, 4.69) is 0 Å². The third kappa shape index (κ3) is 1.25. The quantitative estimate of drug-likeness (QED) is 0.687. The van der Waals surface area contributed by atoms with Crippen LogP contribution in [0.4, 0.5) is 0 Å². The lowest BCUT2D eigenvalue weighted by atomic mass is 9.60. The molecule has 0 atom stereocenters. The Balaban J connectivity index is 0.000000845. The van der Waals surface area contributed by atoms with Crippen molar-refractivity contribution in [1.29, 1.82) is 0 Å². The smallest absolute Gasteiger partial charge is 0.311 e. The maximum Gasteiger partial charge on any atom is 0.311 e. The van der Waals surface area contributed by atoms with E-state index in [1.165, 1.54) is 7.11 Å². The molecule has 0 spiro atoms. The van der Waals surface area contributed by atoms with Gasteiger partial charge >= 0.3 is 5.97 Å². The fourth-order valence-electron chi connectivity index (χ4n) is 2.95. The highest BCUT2D eigenvalue weighted by molar-refractivity contribution is 5.85. The Morgan fingerprint density at radius 1 is 1.46 bits per heavy atom. The maximum atomic E-state index is 11.4. The number of ether oxygens (including phenoxy) is 1. The molecule has 3 saturated carbocycles. The third-order valence-electron chi connectivity index (χ3n) is 3.61. The molecule has 0 aromatic rings. The molecule has 0 radical (unpaired) electrons. The van der Waals surface area contributed by atoms with E-state index in [-0.39, 0.29) is 23.8 Å². The summed E-state index contributed by atoms with van der Waals surface area (Å²) in [6.45, 7) is 0.728. The number of fused-ring (bicyclic) bond motifs is 1. The van der Waals surface area contributed by atoms with Crippen LogP contribution in [-0.2, 0) is 9.53 Å². The maximum absolute atomic E-state index is 11.4. The minimum Gasteiger partial charge on any atom is -0.469 e. The van der Waals surface area contributed by atoms with Crippen molar-refractivity contribution < 1.29 is 9.53 Å². The van der Waals surface area contributed by atoms with Crippen LogP contribution >= 0.6 is 12.4 Å². The Kier molecular flexibility index (Phi) is 2.61. The van der Waals surface area contributed by atoms with E-state index in [0.717, 1.165) is 32.2 Å². The van der Waals surface area contributed by atoms with Crippen LogP contribution in [0, 0.1) is 10.8 Å². The molecule has 0 heterocycles. The molecular weight excluding hydrogens is 190 g/mol. The molecular formula is C9H16ClNO2. The second kappa shape index (κ2) is 3.14. The summed E-state index contributed by atoms with van der Waals surface area (Å²) in [5, 5.41) is 0. The zero-order chi connectivity index (χ0) is 8.82. The fraction of sp³-hybridized carbons (Fsp3) is 0.889. The number of nitrogens with two attached hydrogens (primary N) is 1. The Morgan fingerprint density at radius 2 is 2.08 bits per heavy atom. The Bertz CT molecular complexity index is 224. The van der Waals surface area contributed by atoms with Crippen LogP contribution in [0.25, 0.3) is 0 Å². The van der Waals surface area contributed by atoms with Gasteiger partial charge in [0, 0.05) is 0 Å². The van der Waals surface area contributed by atoms with E-state index in [4.69, 9.17) is 10.5 Å². The summed E-state index contributed by atoms with van der Waals surface area (Å²) in [7, 11) is 1.47. The molecule has 3 nitrogen and oxygen atoms in total. The summed E-state index contributed by atoms with van der Waals surface area (Å²) < 4.78 is 4.78. The first kappa shape index (κ1) is 10.8. The molecule has 0 amide bonds. The van der Waals surface area contributed by atoms with Crippen LogP contribution in [0.3, 0.4) is 0 Å². The summed E-state index contributed by atoms with van der Waals surface area (Å²) in [5.74, 6) is -0.0240. The summed E-state index contributed by atoms with van der Waals surface area (Å²) in [6.07, 6.45) is 4.02. The lowest BCUT2D eigenvalue weighted by molar-refractivity contribution is -0.160. The van der Waals surface area contributed by atoms with E-state index >= 15 is 0 Å². The number of carbonyl (C=O) groups is 1. The van der Waals surface area contributed by atoms with Gasteiger partial charge in [0.05, 0.1) is 12.5 Å². The van der Waals surface area contributed by atoms with Gasteiger partial charge in [-0.15, -0.1) is 12.4 Å². The molecule has 0 aromatic heterocycles. The summed E-state index contributed by atoms with van der Waals surface area (Å²) in [4.78, 5) is 11.4. The van der Waals surface area contributed by atoms with Gasteiger partial charge in [-0.05, 0) is 37.6 Å². The second-order valence-corrected chi connectivity index (χ2v) is 4.33. The molecule has 76 valence electrons. The van der Waals surface area contributed by atoms with Gasteiger partial charge in [-0.2, -0.15) is 0 Å². The van der Waals surface area contributed by atoms with Gasteiger partial charge in [0.2, 0.25) is 0 Å². The molecule has 4 heteroatoms. The average Bonchev–Trinajstić information content (AvgIpc) is 2.57. The first-order valence-corrected chi connectivity index (χ1v) is 4.45. The molecule has 2 bridgehead atoms. The van der Waals surface area contributed by atoms with E-state index < -0.39 is 0 Å². The number of halogens is 1. The largest absolute Gasteiger partial charge is 0.469 e. The van der Waals surface area contributed by atoms with Crippen molar-refractivity contribution in [2.45, 2.75) is 25.7 Å². The number of methoxy groups -OCH3 is 1. The molecule has 0 saturated heterocycles. The molecule has 3 aliphatic carbocycles. The number of hydrogen-bond donors (Lipinski definition) is 1. The zero-order valence-corrected chi connectivity index (χ0v) is 8.65. The summed E-state index contributed by atoms with van der Waals surface area (Å²) >= 11 is 0. The first-order valence-electron chi connectivity index (χ1n) is 4.45. The monoisotopic (exact) mass is 205 g/mol. The van der Waals surface area contributed by atoms with Crippen LogP contribution in [0.15, 0.2) is 0 Å². The van der Waals surface area contributed by atoms with Gasteiger partial charge < -0.3 is 10.5 Å². The molecule has 0 aromatic carbocycles. The van der Waals surface area contributed by atoms with E-state index in [1.807, 2.05) is 0 Å². The SMILES string of the molecule is COC(=O)C12CCC(CN)(C1)C2.Cl. The van der Waals surface area contributed by atoms with Crippen molar-refractivity contribution in [3.05, 3.63) is 0 Å². The van der Waals surface area contributed by atoms with Crippen molar-refractivity contribution in [2.24, 2.45) is 16.6 Å². The molecule has 0 aliphatic heterocycles. The van der Waals surface area contributed by atoms with Gasteiger partial charge in [0.1, 0.15) is 0 Å². The van der Waals surface area contributed by atoms with E-state index in [0.29, 0.717) is 5.41 Å². The third-order valence-corrected chi connectivity index (χ3v) is 3.61. The predicted molar refractivity (Wildman–Crippen MR) is 51.7 cm³/mol. The molecule has 13 heavy (non-hydrogen) atoms. The van der Waals surface area contributed by atoms with Crippen LogP contribution in [0.1, 0.15) is 25.7 Å². The molecule has 3 rings (SSSR count). The van der Waals surface area contributed by atoms with Crippen molar-refractivity contribution in [2.75, 3.05) is 13.7 Å². The minimum atomic E-state index is -0.131. The number of hydrogen-bond acceptors (Lipinski definition) is 3. The lowest BCUT2D eigenvalue weighted by Crippen LogP contribution is -2.47. The van der Waals surface area contributed by atoms with Crippen molar-refractivity contribution >= 4 is 18.4 Å². The number of carbonyl (C=O) groups excluding carboxylic acids is 1. The Hall–Kier alpha value is -0.280. The van der Waals surface area contributed by atoms with Crippen molar-refractivity contribution in [3.8, 4) is 0 Å². The highest BCUT2D eigenvalue weighted by atomic mass is 35.5. The highest BCUT2D eigenvalue weighted by Crippen LogP contribution is 2.66. The second-order valence-electron chi connectivity index (χ2n) is 4.33. The lowest BCUT2D eigenvalue weighted by Gasteiger charge is -2.44. The highest BCUT2D eigenvalue weighted by Gasteiger charge is 2.64. The van der Waals surface area contributed by atoms with Gasteiger partial charge in [0.15, 0.2) is 0 Å². The van der Waals surface area contributed by atoms with Crippen LogP contribution in [0.5, 0.6) is 0 Å². The Morgan fingerprint density at radius 3 is 2.46 bits per heavy atom. The normalized spacial score (nSPS) is 40.5. The van der Waals surface area contributed by atoms with Gasteiger partial charge in [0.25, 0.3) is 0 Å². The predicted octanol–water partition coefficient (Wildman–Crippen LogP) is 1.10.